The van der Waals surface area contributed by atoms with Gasteiger partial charge in [-0.2, -0.15) is 0 Å². The van der Waals surface area contributed by atoms with Gasteiger partial charge in [-0.25, -0.2) is 0 Å². The van der Waals surface area contributed by atoms with Crippen LogP contribution < -0.4 is 21.3 Å². The van der Waals surface area contributed by atoms with E-state index >= 15 is 9.59 Å². The second kappa shape index (κ2) is 36.3. The van der Waals surface area contributed by atoms with Crippen molar-refractivity contribution in [2.24, 2.45) is 41.4 Å². The summed E-state index contributed by atoms with van der Waals surface area (Å²) >= 11 is 0. The van der Waals surface area contributed by atoms with Crippen LogP contribution in [0.4, 0.5) is 0 Å². The number of hydrogen-bond donors (Lipinski definition) is 5. The zero-order valence-corrected chi connectivity index (χ0v) is 57.9. The van der Waals surface area contributed by atoms with Gasteiger partial charge < -0.3 is 60.7 Å². The van der Waals surface area contributed by atoms with Crippen molar-refractivity contribution in [2.75, 3.05) is 49.3 Å². The minimum atomic E-state index is -1.63. The fourth-order valence-corrected chi connectivity index (χ4v) is 11.2. The summed E-state index contributed by atoms with van der Waals surface area (Å²) in [5, 5.41) is 23.2. The second-order valence-corrected chi connectivity index (χ2v) is 26.8. The van der Waals surface area contributed by atoms with Crippen molar-refractivity contribution in [2.45, 2.75) is 235 Å². The second-order valence-electron chi connectivity index (χ2n) is 26.8. The summed E-state index contributed by atoms with van der Waals surface area (Å²) in [5.41, 5.74) is 0. The van der Waals surface area contributed by atoms with E-state index in [0.717, 1.165) is 4.90 Å². The smallest absolute Gasteiger partial charge is 0.246 e. The normalized spacial score (nSPS) is 27.2. The molecule has 1 unspecified atom stereocenters. The predicted octanol–water partition coefficient (Wildman–Crippen LogP) is 4.21. The number of amides is 11. The molecule has 1 heterocycles. The lowest BCUT2D eigenvalue weighted by atomic mass is 9.91. The van der Waals surface area contributed by atoms with Crippen LogP contribution >= 0.6 is 0 Å². The van der Waals surface area contributed by atoms with Gasteiger partial charge in [-0.05, 0) is 107 Å². The van der Waals surface area contributed by atoms with E-state index in [0.29, 0.717) is 6.42 Å². The highest BCUT2D eigenvalue weighted by molar-refractivity contribution is 6.00. The summed E-state index contributed by atoms with van der Waals surface area (Å²) < 4.78 is 0. The number of allylic oxidation sites excluding steroid dienone is 2. The first-order valence-corrected chi connectivity index (χ1v) is 31.7. The molecule has 0 spiro atoms. The molecule has 1 aliphatic heterocycles. The Morgan fingerprint density at radius 2 is 0.830 bits per heavy atom. The summed E-state index contributed by atoms with van der Waals surface area (Å²) in [5.74, 6) is -9.92. The maximum atomic E-state index is 15.2. The third-order valence-electron chi connectivity index (χ3n) is 16.8. The number of aliphatic hydroxyl groups excluding tert-OH is 1. The monoisotopic (exact) mass is 1240 g/mol. The first-order valence-electron chi connectivity index (χ1n) is 31.7. The maximum absolute atomic E-state index is 15.2. The summed E-state index contributed by atoms with van der Waals surface area (Å²) in [7, 11) is 9.95. The Balaban J connectivity index is 4.45. The van der Waals surface area contributed by atoms with Gasteiger partial charge in [0.05, 0.1) is 6.10 Å². The molecule has 11 amide bonds. The standard InChI is InChI=1S/C65H115N11O12/c1-26-29-31-42(16)54(77)53-58(81)68-45(28-3)60(83)70(19)46(30-27-2)61(84)71(20)48(33-37(6)7)57(80)69-51(40(12)13)64(87)72(21)47(32-36(4)5)56(79)66-43(17)55(78)67-44(18)59(82)73(22)49(34-38(8)9)62(85)74(23)50(35-39(10)11)63(86)75(24)52(41(14)15)65(88)76(53)25/h26-27,29,36-54,77H,2,28,30-35H2,1,3-25H3,(H,66,79)(H,67,78)(H,68,81)(H,69,80)/b29-26+/t42-,43+,44-,45+,46?,47+,48+,49+,50+,51+,52+,53+,54-/m1/s1. The van der Waals surface area contributed by atoms with Crippen molar-refractivity contribution < 1.29 is 57.8 Å². The summed E-state index contributed by atoms with van der Waals surface area (Å²) in [6.07, 6.45) is 4.31. The molecule has 1 fully saturated rings. The molecule has 0 aromatic heterocycles. The van der Waals surface area contributed by atoms with Crippen molar-refractivity contribution >= 4 is 65.0 Å². The third kappa shape index (κ3) is 21.7. The van der Waals surface area contributed by atoms with Crippen LogP contribution in [0.2, 0.25) is 0 Å². The van der Waals surface area contributed by atoms with Gasteiger partial charge in [-0.1, -0.05) is 115 Å². The molecule has 1 aliphatic rings. The topological polar surface area (TPSA) is 279 Å². The van der Waals surface area contributed by atoms with E-state index in [1.54, 1.807) is 60.6 Å². The van der Waals surface area contributed by atoms with Gasteiger partial charge in [0.1, 0.15) is 66.5 Å². The molecular formula is C65H115N11O12. The quantitative estimate of drug-likeness (QED) is 0.128. The van der Waals surface area contributed by atoms with E-state index in [4.69, 9.17) is 0 Å². The van der Waals surface area contributed by atoms with Gasteiger partial charge in [0.15, 0.2) is 0 Å². The van der Waals surface area contributed by atoms with Gasteiger partial charge in [0, 0.05) is 49.3 Å². The lowest BCUT2D eigenvalue weighted by molar-refractivity contribution is -0.157. The SMILES string of the molecule is C=CCC1C(=O)N(C)[C@@H](CC(C)C)C(=O)N[C@@H](C(C)C)C(=O)N(C)[C@@H](CC(C)C)C(=O)N[C@@H](C)C(=O)N[C@H](C)C(=O)N(C)[C@@H](CC(C)C)C(=O)N(C)[C@@H](CC(C)C)C(=O)N(C)[C@@H](C(C)C)C(=O)N(C)[C@@H]([C@H](O)[C@H](C)C/C=C/C)C(=O)N[C@@H](CC)C(=O)N1C. The van der Waals surface area contributed by atoms with Crippen LogP contribution in [0.25, 0.3) is 0 Å². The first-order chi connectivity index (χ1) is 40.7. The Labute approximate surface area is 527 Å². The van der Waals surface area contributed by atoms with Crippen LogP contribution in [0.15, 0.2) is 24.8 Å². The number of aliphatic hydroxyl groups is 1. The van der Waals surface area contributed by atoms with Gasteiger partial charge >= 0.3 is 0 Å². The minimum Gasteiger partial charge on any atom is -0.390 e. The lowest BCUT2D eigenvalue weighted by Crippen LogP contribution is -2.64. The fraction of sp³-hybridized carbons (Fsp3) is 0.769. The number of carbonyl (C=O) groups excluding carboxylic acids is 11. The molecular weight excluding hydrogens is 1130 g/mol. The number of nitrogens with zero attached hydrogens (tertiary/aromatic N) is 7. The van der Waals surface area contributed by atoms with Crippen LogP contribution in [0.5, 0.6) is 0 Å². The highest BCUT2D eigenvalue weighted by Crippen LogP contribution is 2.26. The first kappa shape index (κ1) is 79.6. The van der Waals surface area contributed by atoms with Crippen LogP contribution in [-0.4, -0.2) is 226 Å². The van der Waals surface area contributed by atoms with Crippen LogP contribution in [0.3, 0.4) is 0 Å². The van der Waals surface area contributed by atoms with Crippen molar-refractivity contribution in [1.82, 2.24) is 55.6 Å². The Bertz CT molecular complexity index is 2430. The number of hydrogen-bond acceptors (Lipinski definition) is 12. The van der Waals surface area contributed by atoms with Gasteiger partial charge in [0.2, 0.25) is 65.0 Å². The molecule has 1 rings (SSSR count). The largest absolute Gasteiger partial charge is 0.390 e. The summed E-state index contributed by atoms with van der Waals surface area (Å²) in [6, 6.07) is -13.8. The molecule has 0 bridgehead atoms. The van der Waals surface area contributed by atoms with E-state index < -0.39 is 155 Å². The molecule has 0 saturated carbocycles. The highest BCUT2D eigenvalue weighted by Gasteiger charge is 2.46. The fourth-order valence-electron chi connectivity index (χ4n) is 11.2. The Hall–Kier alpha value is -6.39. The maximum Gasteiger partial charge on any atom is 0.246 e. The molecule has 23 nitrogen and oxygen atoms in total. The Morgan fingerprint density at radius 3 is 1.26 bits per heavy atom. The summed E-state index contributed by atoms with van der Waals surface area (Å²) in [4.78, 5) is 171. The number of likely N-dealkylation sites (N-methyl/N-ethyl adjacent to an activating group) is 7. The van der Waals surface area contributed by atoms with Gasteiger partial charge in [0.25, 0.3) is 0 Å². The van der Waals surface area contributed by atoms with Gasteiger partial charge in [-0.15, -0.1) is 6.58 Å². The molecule has 502 valence electrons. The van der Waals surface area contributed by atoms with Crippen LogP contribution in [0.1, 0.15) is 163 Å². The Morgan fingerprint density at radius 1 is 0.443 bits per heavy atom. The average Bonchev–Trinajstić information content (AvgIpc) is 1.37. The van der Waals surface area contributed by atoms with E-state index in [9.17, 15) is 48.3 Å². The predicted molar refractivity (Wildman–Crippen MR) is 342 cm³/mol. The molecule has 23 heteroatoms. The molecule has 5 N–H and O–H groups in total. The zero-order valence-electron chi connectivity index (χ0n) is 57.9. The molecule has 88 heavy (non-hydrogen) atoms. The minimum absolute atomic E-state index is 0.00410. The average molecular weight is 1240 g/mol. The molecule has 1 saturated heterocycles. The zero-order chi connectivity index (χ0) is 68.3. The number of carbonyl (C=O) groups is 11. The van der Waals surface area contributed by atoms with E-state index in [1.807, 2.05) is 55.4 Å². The van der Waals surface area contributed by atoms with E-state index in [1.165, 1.54) is 98.7 Å². The number of rotatable bonds is 17. The molecule has 13 atom stereocenters. The number of nitrogens with one attached hydrogen (secondary N) is 4. The van der Waals surface area contributed by atoms with Gasteiger partial charge in [-0.3, -0.25) is 52.7 Å². The van der Waals surface area contributed by atoms with Crippen molar-refractivity contribution in [3.8, 4) is 0 Å². The Kier molecular flexibility index (Phi) is 32.9. The van der Waals surface area contributed by atoms with Crippen molar-refractivity contribution in [3.63, 3.8) is 0 Å². The van der Waals surface area contributed by atoms with Crippen molar-refractivity contribution in [3.05, 3.63) is 24.8 Å². The molecule has 0 aromatic carbocycles. The molecule has 0 aromatic rings. The molecule has 0 radical (unpaired) electrons. The van der Waals surface area contributed by atoms with Crippen LogP contribution in [0, 0.1) is 41.4 Å². The van der Waals surface area contributed by atoms with Crippen LogP contribution in [-0.2, 0) is 52.7 Å². The van der Waals surface area contributed by atoms with E-state index in [-0.39, 0.29) is 62.2 Å². The summed E-state index contributed by atoms with van der Waals surface area (Å²) in [6.45, 7) is 33.7. The van der Waals surface area contributed by atoms with Crippen molar-refractivity contribution in [1.29, 1.82) is 0 Å². The van der Waals surface area contributed by atoms with E-state index in [2.05, 4.69) is 27.8 Å². The highest BCUT2D eigenvalue weighted by atomic mass is 16.3. The molecule has 0 aliphatic carbocycles. The lowest BCUT2D eigenvalue weighted by Gasteiger charge is -2.41. The third-order valence-corrected chi connectivity index (χ3v) is 16.8.